The molecule has 0 saturated heterocycles. The van der Waals surface area contributed by atoms with Gasteiger partial charge in [0, 0.05) is 22.3 Å². The molecule has 0 saturated carbocycles. The summed E-state index contributed by atoms with van der Waals surface area (Å²) in [6, 6.07) is 0. The van der Waals surface area contributed by atoms with E-state index in [9.17, 15) is 0 Å². The third-order valence-electron chi connectivity index (χ3n) is 1.87. The zero-order valence-corrected chi connectivity index (χ0v) is 8.93. The average Bonchev–Trinajstić information content (AvgIpc) is 2.59. The van der Waals surface area contributed by atoms with Crippen LogP contribution in [0.3, 0.4) is 0 Å². The van der Waals surface area contributed by atoms with E-state index in [0.29, 0.717) is 6.54 Å². The minimum atomic E-state index is 0.370. The van der Waals surface area contributed by atoms with Gasteiger partial charge in [-0.15, -0.1) is 0 Å². The molecule has 0 radical (unpaired) electrons. The number of aromatic amines is 1. The summed E-state index contributed by atoms with van der Waals surface area (Å²) in [6.07, 6.45) is 5.39. The molecule has 0 bridgehead atoms. The molecule has 3 N–H and O–H groups in total. The lowest BCUT2D eigenvalue weighted by molar-refractivity contribution is 1.30. The largest absolute Gasteiger partial charge is 0.359 e. The fraction of sp³-hybridized carbons (Fsp3) is 0.100. The number of H-pyrrole nitrogens is 1. The highest BCUT2D eigenvalue weighted by atomic mass is 79.9. The highest BCUT2D eigenvalue weighted by Crippen LogP contribution is 2.24. The van der Waals surface area contributed by atoms with Crippen LogP contribution in [0.2, 0.25) is 0 Å². The molecule has 0 unspecified atom stereocenters. The van der Waals surface area contributed by atoms with E-state index in [0.717, 1.165) is 20.9 Å². The maximum absolute atomic E-state index is 5.32. The Balaban J connectivity index is 2.67. The van der Waals surface area contributed by atoms with Gasteiger partial charge < -0.3 is 10.7 Å². The third kappa shape index (κ3) is 1.52. The average molecular weight is 250 g/mol. The second-order valence-corrected chi connectivity index (χ2v) is 3.61. The summed E-state index contributed by atoms with van der Waals surface area (Å²) in [4.78, 5) is 7.16. The number of hydrogen-bond donors (Lipinski definition) is 2. The molecule has 0 atom stereocenters. The number of rotatable bonds is 0. The highest BCUT2D eigenvalue weighted by Gasteiger charge is 2.04. The van der Waals surface area contributed by atoms with Crippen molar-refractivity contribution in [1.82, 2.24) is 9.97 Å². The second-order valence-electron chi connectivity index (χ2n) is 2.75. The van der Waals surface area contributed by atoms with Crippen LogP contribution < -0.4 is 5.73 Å². The highest BCUT2D eigenvalue weighted by molar-refractivity contribution is 9.10. The maximum Gasteiger partial charge on any atom is 0.0664 e. The fourth-order valence-electron chi connectivity index (χ4n) is 1.29. The lowest BCUT2D eigenvalue weighted by atomic mass is 10.2. The molecule has 2 aromatic rings. The minimum Gasteiger partial charge on any atom is -0.359 e. The van der Waals surface area contributed by atoms with Gasteiger partial charge in [0.1, 0.15) is 0 Å². The van der Waals surface area contributed by atoms with Crippen molar-refractivity contribution < 1.29 is 0 Å². The molecule has 3 nitrogen and oxygen atoms in total. The van der Waals surface area contributed by atoms with Crippen LogP contribution in [-0.4, -0.2) is 16.5 Å². The Morgan fingerprint density at radius 2 is 2.36 bits per heavy atom. The van der Waals surface area contributed by atoms with Gasteiger partial charge in [-0.05, 0) is 15.9 Å². The van der Waals surface area contributed by atoms with Crippen molar-refractivity contribution in [3.8, 4) is 11.8 Å². The molecule has 0 aliphatic carbocycles. The first kappa shape index (κ1) is 9.25. The molecule has 2 aromatic heterocycles. The summed E-state index contributed by atoms with van der Waals surface area (Å²) < 4.78 is 0.942. The summed E-state index contributed by atoms with van der Waals surface area (Å²) in [5.41, 5.74) is 7.24. The van der Waals surface area contributed by atoms with E-state index < -0.39 is 0 Å². The summed E-state index contributed by atoms with van der Waals surface area (Å²) in [6.45, 7) is 0.370. The monoisotopic (exact) mass is 249 g/mol. The minimum absolute atomic E-state index is 0.370. The number of halogens is 1. The third-order valence-corrected chi connectivity index (χ3v) is 2.47. The number of hydrogen-bond acceptors (Lipinski definition) is 2. The van der Waals surface area contributed by atoms with Crippen molar-refractivity contribution in [2.45, 2.75) is 0 Å². The SMILES string of the molecule is NCC#Cc1c[nH]c2cncc(Br)c12. The van der Waals surface area contributed by atoms with Gasteiger partial charge >= 0.3 is 0 Å². The molecule has 0 aliphatic heterocycles. The Labute approximate surface area is 89.8 Å². The van der Waals surface area contributed by atoms with Crippen LogP contribution >= 0.6 is 15.9 Å². The Hall–Kier alpha value is -1.31. The van der Waals surface area contributed by atoms with Crippen LogP contribution in [0.25, 0.3) is 10.9 Å². The van der Waals surface area contributed by atoms with E-state index in [1.54, 1.807) is 12.4 Å². The van der Waals surface area contributed by atoms with Crippen LogP contribution in [0.15, 0.2) is 23.1 Å². The molecule has 14 heavy (non-hydrogen) atoms. The quantitative estimate of drug-likeness (QED) is 0.698. The molecule has 0 spiro atoms. The van der Waals surface area contributed by atoms with Crippen LogP contribution in [-0.2, 0) is 0 Å². The van der Waals surface area contributed by atoms with E-state index in [-0.39, 0.29) is 0 Å². The topological polar surface area (TPSA) is 54.7 Å². The van der Waals surface area contributed by atoms with Gasteiger partial charge in [0.25, 0.3) is 0 Å². The van der Waals surface area contributed by atoms with Gasteiger partial charge in [0.2, 0.25) is 0 Å². The number of aromatic nitrogens is 2. The molecular weight excluding hydrogens is 242 g/mol. The normalized spacial score (nSPS) is 9.86. The molecule has 2 rings (SSSR count). The molecule has 70 valence electrons. The maximum atomic E-state index is 5.32. The van der Waals surface area contributed by atoms with Gasteiger partial charge in [-0.1, -0.05) is 11.8 Å². The molecule has 0 aliphatic rings. The van der Waals surface area contributed by atoms with E-state index in [4.69, 9.17) is 5.73 Å². The van der Waals surface area contributed by atoms with Gasteiger partial charge in [0.05, 0.1) is 23.8 Å². The van der Waals surface area contributed by atoms with Gasteiger partial charge in [-0.2, -0.15) is 0 Å². The number of nitrogens with zero attached hydrogens (tertiary/aromatic N) is 1. The number of nitrogens with two attached hydrogens (primary N) is 1. The number of nitrogens with one attached hydrogen (secondary N) is 1. The number of fused-ring (bicyclic) bond motifs is 1. The van der Waals surface area contributed by atoms with Crippen LogP contribution in [0.1, 0.15) is 5.56 Å². The van der Waals surface area contributed by atoms with Crippen molar-refractivity contribution in [1.29, 1.82) is 0 Å². The van der Waals surface area contributed by atoms with Crippen molar-refractivity contribution in [2.75, 3.05) is 6.54 Å². The number of pyridine rings is 1. The Morgan fingerprint density at radius 1 is 1.50 bits per heavy atom. The zero-order chi connectivity index (χ0) is 9.97. The molecular formula is C10H8BrN3. The van der Waals surface area contributed by atoms with E-state index in [1.807, 2.05) is 6.20 Å². The summed E-state index contributed by atoms with van der Waals surface area (Å²) >= 11 is 3.44. The lowest BCUT2D eigenvalue weighted by Gasteiger charge is -1.92. The lowest BCUT2D eigenvalue weighted by Crippen LogP contribution is -1.92. The molecule has 2 heterocycles. The molecule has 4 heteroatoms. The summed E-state index contributed by atoms with van der Waals surface area (Å²) in [5, 5.41) is 1.06. The van der Waals surface area contributed by atoms with E-state index in [1.165, 1.54) is 0 Å². The fourth-order valence-corrected chi connectivity index (χ4v) is 1.83. The van der Waals surface area contributed by atoms with E-state index >= 15 is 0 Å². The Morgan fingerprint density at radius 3 is 3.14 bits per heavy atom. The van der Waals surface area contributed by atoms with Crippen molar-refractivity contribution in [2.24, 2.45) is 5.73 Å². The van der Waals surface area contributed by atoms with Crippen molar-refractivity contribution in [3.05, 3.63) is 28.6 Å². The van der Waals surface area contributed by atoms with Gasteiger partial charge in [0.15, 0.2) is 0 Å². The van der Waals surface area contributed by atoms with Crippen LogP contribution in [0.4, 0.5) is 0 Å². The van der Waals surface area contributed by atoms with Crippen molar-refractivity contribution in [3.63, 3.8) is 0 Å². The summed E-state index contributed by atoms with van der Waals surface area (Å²) in [7, 11) is 0. The molecule has 0 aromatic carbocycles. The first-order chi connectivity index (χ1) is 6.83. The predicted molar refractivity (Wildman–Crippen MR) is 59.7 cm³/mol. The van der Waals surface area contributed by atoms with Crippen LogP contribution in [0, 0.1) is 11.8 Å². The predicted octanol–water partition coefficient (Wildman–Crippen LogP) is 1.64. The van der Waals surface area contributed by atoms with E-state index in [2.05, 4.69) is 37.7 Å². The molecule has 0 amide bonds. The Kier molecular flexibility index (Phi) is 2.53. The summed E-state index contributed by atoms with van der Waals surface area (Å²) in [5.74, 6) is 5.83. The zero-order valence-electron chi connectivity index (χ0n) is 7.34. The smallest absolute Gasteiger partial charge is 0.0664 e. The van der Waals surface area contributed by atoms with Gasteiger partial charge in [-0.25, -0.2) is 0 Å². The first-order valence-electron chi connectivity index (χ1n) is 4.12. The molecule has 0 fully saturated rings. The standard InChI is InChI=1S/C10H8BrN3/c11-8-5-13-6-9-10(8)7(4-14-9)2-1-3-12/h4-6,14H,3,12H2. The van der Waals surface area contributed by atoms with Gasteiger partial charge in [-0.3, -0.25) is 4.98 Å². The van der Waals surface area contributed by atoms with Crippen LogP contribution in [0.5, 0.6) is 0 Å². The second kappa shape index (κ2) is 3.82. The van der Waals surface area contributed by atoms with Crippen molar-refractivity contribution >= 4 is 26.8 Å². The first-order valence-corrected chi connectivity index (χ1v) is 4.91. The Bertz CT molecular complexity index is 519.